The van der Waals surface area contributed by atoms with E-state index in [-0.39, 0.29) is 27.5 Å². The quantitative estimate of drug-likeness (QED) is 0.385. The van der Waals surface area contributed by atoms with Gasteiger partial charge in [0.05, 0.1) is 17.1 Å². The number of non-ortho nitro benzene ring substituents is 1. The van der Waals surface area contributed by atoms with Crippen molar-refractivity contribution in [2.45, 2.75) is 71.0 Å². The molecule has 5 rings (SSSR count). The molecule has 2 N–H and O–H groups in total. The molecular formula is C26H33NO4. The zero-order valence-corrected chi connectivity index (χ0v) is 18.5. The van der Waals surface area contributed by atoms with Crippen LogP contribution in [0.4, 0.5) is 5.69 Å². The van der Waals surface area contributed by atoms with Crippen LogP contribution in [0.2, 0.25) is 0 Å². The van der Waals surface area contributed by atoms with Gasteiger partial charge < -0.3 is 10.2 Å². The number of allylic oxidation sites excluding steroid dienone is 1. The van der Waals surface area contributed by atoms with Crippen molar-refractivity contribution >= 4 is 11.8 Å². The normalized spacial score (nSPS) is 43.0. The number of aliphatic hydroxyl groups excluding tert-OH is 2. The Kier molecular flexibility index (Phi) is 4.91. The van der Waals surface area contributed by atoms with E-state index in [1.807, 2.05) is 0 Å². The number of hydrogen-bond donors (Lipinski definition) is 2. The number of nitrogens with zero attached hydrogens (tertiary/aromatic N) is 1. The van der Waals surface area contributed by atoms with E-state index in [1.54, 1.807) is 12.1 Å². The van der Waals surface area contributed by atoms with Gasteiger partial charge in [0.2, 0.25) is 0 Å². The third-order valence-corrected chi connectivity index (χ3v) is 9.40. The summed E-state index contributed by atoms with van der Waals surface area (Å²) in [6, 6.07) is 6.61. The highest BCUT2D eigenvalue weighted by Gasteiger charge is 2.59. The molecule has 0 heterocycles. The van der Waals surface area contributed by atoms with Crippen LogP contribution in [0.3, 0.4) is 0 Å². The van der Waals surface area contributed by atoms with E-state index in [0.29, 0.717) is 17.8 Å². The molecule has 0 saturated heterocycles. The number of nitro benzene ring substituents is 1. The average molecular weight is 424 g/mol. The molecule has 3 fully saturated rings. The van der Waals surface area contributed by atoms with Crippen molar-refractivity contribution in [1.29, 1.82) is 0 Å². The Hall–Kier alpha value is -1.98. The van der Waals surface area contributed by atoms with E-state index < -0.39 is 6.10 Å². The fourth-order valence-electron chi connectivity index (χ4n) is 7.55. The van der Waals surface area contributed by atoms with E-state index in [4.69, 9.17) is 0 Å². The molecule has 0 amide bonds. The first kappa shape index (κ1) is 20.9. The molecule has 3 saturated carbocycles. The van der Waals surface area contributed by atoms with Crippen molar-refractivity contribution in [3.8, 4) is 0 Å². The Morgan fingerprint density at radius 2 is 1.81 bits per heavy atom. The second-order valence-corrected chi connectivity index (χ2v) is 10.9. The van der Waals surface area contributed by atoms with Crippen molar-refractivity contribution in [3.05, 3.63) is 57.2 Å². The summed E-state index contributed by atoms with van der Waals surface area (Å²) in [5.41, 5.74) is 3.63. The molecule has 0 spiro atoms. The van der Waals surface area contributed by atoms with Gasteiger partial charge in [0.1, 0.15) is 0 Å². The Balaban J connectivity index is 1.44. The van der Waals surface area contributed by atoms with E-state index >= 15 is 0 Å². The van der Waals surface area contributed by atoms with Gasteiger partial charge in [-0.25, -0.2) is 0 Å². The maximum absolute atomic E-state index is 11.3. The predicted octanol–water partition coefficient (Wildman–Crippen LogP) is 5.27. The first-order valence-corrected chi connectivity index (χ1v) is 11.7. The number of rotatable bonds is 2. The van der Waals surface area contributed by atoms with Crippen molar-refractivity contribution in [2.75, 3.05) is 0 Å². The maximum Gasteiger partial charge on any atom is 0.269 e. The van der Waals surface area contributed by atoms with Crippen LogP contribution in [0.5, 0.6) is 0 Å². The van der Waals surface area contributed by atoms with Gasteiger partial charge in [0.25, 0.3) is 5.69 Å². The molecule has 1 aromatic carbocycles. The van der Waals surface area contributed by atoms with E-state index in [1.165, 1.54) is 17.7 Å². The fraction of sp³-hybridized carbons (Fsp3) is 0.615. The highest BCUT2D eigenvalue weighted by molar-refractivity contribution is 5.57. The highest BCUT2D eigenvalue weighted by atomic mass is 16.6. The molecule has 0 radical (unpaired) electrons. The fourth-order valence-corrected chi connectivity index (χ4v) is 7.55. The number of aliphatic hydroxyl groups is 2. The molecule has 5 nitrogen and oxygen atoms in total. The van der Waals surface area contributed by atoms with Crippen LogP contribution < -0.4 is 0 Å². The molecule has 0 bridgehead atoms. The standard InChI is InChI=1S/C26H33NO4/c1-25-11-9-20(28)15-18(25)5-8-21-22(25)10-12-26(2)23(21)14-17(24(26)29)13-16-3-6-19(7-4-16)27(30)31/h3-7,13,20-24,28-29H,8-12,14-15H2,1-2H3/b17-13+/t20-,21+,22-,23+,24-,25-,26+/m0/s1. The predicted molar refractivity (Wildman–Crippen MR) is 120 cm³/mol. The summed E-state index contributed by atoms with van der Waals surface area (Å²) in [6.07, 6.45) is 10.7. The minimum absolute atomic E-state index is 0.0910. The minimum atomic E-state index is -0.458. The van der Waals surface area contributed by atoms with Crippen LogP contribution in [0.25, 0.3) is 6.08 Å². The summed E-state index contributed by atoms with van der Waals surface area (Å²) < 4.78 is 0. The Bertz CT molecular complexity index is 951. The van der Waals surface area contributed by atoms with Gasteiger partial charge in [-0.1, -0.05) is 31.6 Å². The lowest BCUT2D eigenvalue weighted by atomic mass is 9.48. The monoisotopic (exact) mass is 423 g/mol. The third-order valence-electron chi connectivity index (χ3n) is 9.40. The largest absolute Gasteiger partial charge is 0.393 e. The van der Waals surface area contributed by atoms with Gasteiger partial charge in [-0.3, -0.25) is 10.1 Å². The summed E-state index contributed by atoms with van der Waals surface area (Å²) in [6.45, 7) is 4.69. The molecular weight excluding hydrogens is 390 g/mol. The van der Waals surface area contributed by atoms with Crippen molar-refractivity contribution in [3.63, 3.8) is 0 Å². The molecule has 166 valence electrons. The van der Waals surface area contributed by atoms with Gasteiger partial charge in [-0.15, -0.1) is 0 Å². The summed E-state index contributed by atoms with van der Waals surface area (Å²) in [4.78, 5) is 10.5. The van der Waals surface area contributed by atoms with Crippen molar-refractivity contribution < 1.29 is 15.1 Å². The van der Waals surface area contributed by atoms with E-state index in [2.05, 4.69) is 26.0 Å². The van der Waals surface area contributed by atoms with E-state index in [9.17, 15) is 20.3 Å². The van der Waals surface area contributed by atoms with Crippen LogP contribution in [-0.4, -0.2) is 27.3 Å². The molecule has 0 aliphatic heterocycles. The lowest BCUT2D eigenvalue weighted by molar-refractivity contribution is -0.384. The Morgan fingerprint density at radius 1 is 1.06 bits per heavy atom. The lowest BCUT2D eigenvalue weighted by Crippen LogP contribution is -2.51. The molecule has 7 atom stereocenters. The Labute approximate surface area is 184 Å². The number of nitro groups is 1. The minimum Gasteiger partial charge on any atom is -0.393 e. The van der Waals surface area contributed by atoms with Crippen LogP contribution in [0.15, 0.2) is 41.5 Å². The number of hydrogen-bond acceptors (Lipinski definition) is 4. The third kappa shape index (κ3) is 3.20. The number of benzene rings is 1. The Morgan fingerprint density at radius 3 is 2.52 bits per heavy atom. The molecule has 4 aliphatic rings. The van der Waals surface area contributed by atoms with Gasteiger partial charge in [-0.2, -0.15) is 0 Å². The summed E-state index contributed by atoms with van der Waals surface area (Å²) >= 11 is 0. The summed E-state index contributed by atoms with van der Waals surface area (Å²) in [7, 11) is 0. The average Bonchev–Trinajstić information content (AvgIpc) is 2.99. The maximum atomic E-state index is 11.3. The molecule has 5 heteroatoms. The smallest absolute Gasteiger partial charge is 0.269 e. The molecule has 1 aromatic rings. The zero-order chi connectivity index (χ0) is 22.0. The van der Waals surface area contributed by atoms with Crippen LogP contribution >= 0.6 is 0 Å². The number of fused-ring (bicyclic) bond motifs is 5. The first-order chi connectivity index (χ1) is 14.7. The van der Waals surface area contributed by atoms with E-state index in [0.717, 1.165) is 56.1 Å². The highest BCUT2D eigenvalue weighted by Crippen LogP contribution is 2.65. The van der Waals surface area contributed by atoms with Crippen molar-refractivity contribution in [2.24, 2.45) is 28.6 Å². The van der Waals surface area contributed by atoms with Crippen molar-refractivity contribution in [1.82, 2.24) is 0 Å². The second-order valence-electron chi connectivity index (χ2n) is 10.9. The van der Waals surface area contributed by atoms with Gasteiger partial charge in [-0.05, 0) is 91.4 Å². The van der Waals surface area contributed by atoms with Crippen LogP contribution in [0.1, 0.15) is 64.4 Å². The zero-order valence-electron chi connectivity index (χ0n) is 18.5. The molecule has 31 heavy (non-hydrogen) atoms. The summed E-state index contributed by atoms with van der Waals surface area (Å²) in [5.74, 6) is 1.65. The van der Waals surface area contributed by atoms with Gasteiger partial charge >= 0.3 is 0 Å². The first-order valence-electron chi connectivity index (χ1n) is 11.7. The summed E-state index contributed by atoms with van der Waals surface area (Å²) in [5, 5.41) is 32.5. The van der Waals surface area contributed by atoms with Gasteiger partial charge in [0, 0.05) is 17.5 Å². The molecule has 0 unspecified atom stereocenters. The SMILES string of the molecule is C[C@@]12CC[C@H]3[C@@H](CC=C4C[C@@H](O)CC[C@@]43C)[C@H]1C/C(=C\c1ccc([N+](=O)[O-])cc1)[C@@H]2O. The van der Waals surface area contributed by atoms with Crippen LogP contribution in [0, 0.1) is 38.7 Å². The molecule has 4 aliphatic carbocycles. The van der Waals surface area contributed by atoms with Gasteiger partial charge in [0.15, 0.2) is 0 Å². The second kappa shape index (κ2) is 7.28. The topological polar surface area (TPSA) is 83.6 Å². The lowest BCUT2D eigenvalue weighted by Gasteiger charge is -2.57. The van der Waals surface area contributed by atoms with Crippen LogP contribution in [-0.2, 0) is 0 Å². The molecule has 0 aromatic heterocycles.